The number of nitrogens with one attached hydrogen (secondary N) is 2. The number of rotatable bonds is 3. The molecule has 11 heavy (non-hydrogen) atoms. The zero-order valence-electron chi connectivity index (χ0n) is 7.56. The van der Waals surface area contributed by atoms with Crippen molar-refractivity contribution in [3.05, 3.63) is 0 Å². The number of piperazine rings is 1. The second-order valence-corrected chi connectivity index (χ2v) is 3.10. The highest BCUT2D eigenvalue weighted by Crippen LogP contribution is 1.96. The molecule has 0 spiro atoms. The quantitative estimate of drug-likeness (QED) is 0.578. The Labute approximate surface area is 69.1 Å². The van der Waals surface area contributed by atoms with Gasteiger partial charge in [0.1, 0.15) is 0 Å². The fraction of sp³-hybridized carbons (Fsp3) is 1.00. The first-order chi connectivity index (χ1) is 5.36. The molecule has 1 unspecified atom stereocenters. The van der Waals surface area contributed by atoms with E-state index in [4.69, 9.17) is 0 Å². The van der Waals surface area contributed by atoms with Crippen molar-refractivity contribution in [3.8, 4) is 0 Å². The SMILES string of the molecule is CCN1CCNC(CNC)C1. The highest BCUT2D eigenvalue weighted by atomic mass is 15.2. The second-order valence-electron chi connectivity index (χ2n) is 3.10. The zero-order valence-corrected chi connectivity index (χ0v) is 7.56. The molecule has 0 aromatic rings. The highest BCUT2D eigenvalue weighted by Gasteiger charge is 2.16. The van der Waals surface area contributed by atoms with Crippen LogP contribution in [0.2, 0.25) is 0 Å². The van der Waals surface area contributed by atoms with Crippen molar-refractivity contribution < 1.29 is 0 Å². The molecular formula is C8H19N3. The first kappa shape index (κ1) is 8.97. The third-order valence-corrected chi connectivity index (χ3v) is 2.24. The fourth-order valence-electron chi connectivity index (χ4n) is 1.56. The van der Waals surface area contributed by atoms with Crippen LogP contribution in [0.3, 0.4) is 0 Å². The smallest absolute Gasteiger partial charge is 0.0320 e. The average Bonchev–Trinajstić information content (AvgIpc) is 2.06. The molecule has 2 N–H and O–H groups in total. The lowest BCUT2D eigenvalue weighted by Gasteiger charge is -2.32. The van der Waals surface area contributed by atoms with Crippen LogP contribution < -0.4 is 10.6 Å². The molecule has 1 fully saturated rings. The summed E-state index contributed by atoms with van der Waals surface area (Å²) in [5, 5.41) is 6.67. The van der Waals surface area contributed by atoms with Crippen LogP contribution in [-0.4, -0.2) is 50.7 Å². The molecular weight excluding hydrogens is 138 g/mol. The van der Waals surface area contributed by atoms with E-state index in [0.717, 1.165) is 13.1 Å². The number of nitrogens with zero attached hydrogens (tertiary/aromatic N) is 1. The van der Waals surface area contributed by atoms with Gasteiger partial charge in [-0.15, -0.1) is 0 Å². The predicted molar refractivity (Wildman–Crippen MR) is 47.8 cm³/mol. The van der Waals surface area contributed by atoms with Crippen LogP contribution in [0.4, 0.5) is 0 Å². The third-order valence-electron chi connectivity index (χ3n) is 2.24. The molecule has 3 nitrogen and oxygen atoms in total. The Bertz CT molecular complexity index is 104. The van der Waals surface area contributed by atoms with Crippen molar-refractivity contribution in [3.63, 3.8) is 0 Å². The third kappa shape index (κ3) is 2.77. The van der Waals surface area contributed by atoms with Crippen molar-refractivity contribution in [2.24, 2.45) is 0 Å². The minimum Gasteiger partial charge on any atom is -0.318 e. The highest BCUT2D eigenvalue weighted by molar-refractivity contribution is 4.78. The molecule has 1 rings (SSSR count). The van der Waals surface area contributed by atoms with Gasteiger partial charge in [0.2, 0.25) is 0 Å². The van der Waals surface area contributed by atoms with Gasteiger partial charge in [-0.1, -0.05) is 6.92 Å². The number of hydrogen-bond acceptors (Lipinski definition) is 3. The van der Waals surface area contributed by atoms with Gasteiger partial charge in [-0.05, 0) is 13.6 Å². The van der Waals surface area contributed by atoms with Gasteiger partial charge in [-0.2, -0.15) is 0 Å². The largest absolute Gasteiger partial charge is 0.318 e. The second kappa shape index (κ2) is 4.70. The molecule has 1 aliphatic rings. The van der Waals surface area contributed by atoms with Crippen molar-refractivity contribution in [2.75, 3.05) is 39.8 Å². The van der Waals surface area contributed by atoms with Gasteiger partial charge in [0.05, 0.1) is 0 Å². The predicted octanol–water partition coefficient (Wildman–Crippen LogP) is -0.500. The normalized spacial score (nSPS) is 27.3. The molecule has 0 aliphatic carbocycles. The van der Waals surface area contributed by atoms with Crippen LogP contribution in [0.25, 0.3) is 0 Å². The Morgan fingerprint density at radius 2 is 2.45 bits per heavy atom. The lowest BCUT2D eigenvalue weighted by molar-refractivity contribution is 0.207. The molecule has 1 aliphatic heterocycles. The summed E-state index contributed by atoms with van der Waals surface area (Å²) in [7, 11) is 2.01. The monoisotopic (exact) mass is 157 g/mol. The van der Waals surface area contributed by atoms with Crippen molar-refractivity contribution >= 4 is 0 Å². The molecule has 0 aromatic carbocycles. The maximum absolute atomic E-state index is 3.48. The van der Waals surface area contributed by atoms with Crippen molar-refractivity contribution in [2.45, 2.75) is 13.0 Å². The first-order valence-electron chi connectivity index (χ1n) is 4.47. The fourth-order valence-corrected chi connectivity index (χ4v) is 1.56. The lowest BCUT2D eigenvalue weighted by Crippen LogP contribution is -2.53. The van der Waals surface area contributed by atoms with Crippen LogP contribution in [-0.2, 0) is 0 Å². The van der Waals surface area contributed by atoms with Gasteiger partial charge in [0.15, 0.2) is 0 Å². The van der Waals surface area contributed by atoms with Crippen LogP contribution in [0.15, 0.2) is 0 Å². The maximum atomic E-state index is 3.48. The van der Waals surface area contributed by atoms with Crippen LogP contribution in [0.1, 0.15) is 6.92 Å². The van der Waals surface area contributed by atoms with Crippen LogP contribution >= 0.6 is 0 Å². The lowest BCUT2D eigenvalue weighted by atomic mass is 10.2. The summed E-state index contributed by atoms with van der Waals surface area (Å²) in [6.07, 6.45) is 0. The Kier molecular flexibility index (Phi) is 3.83. The molecule has 0 bridgehead atoms. The molecule has 1 saturated heterocycles. The first-order valence-corrected chi connectivity index (χ1v) is 4.47. The summed E-state index contributed by atoms with van der Waals surface area (Å²) < 4.78 is 0. The Morgan fingerprint density at radius 1 is 1.64 bits per heavy atom. The summed E-state index contributed by atoms with van der Waals surface area (Å²) >= 11 is 0. The number of likely N-dealkylation sites (N-methyl/N-ethyl adjacent to an activating group) is 2. The zero-order chi connectivity index (χ0) is 8.10. The van der Waals surface area contributed by atoms with Gasteiger partial charge in [0, 0.05) is 32.2 Å². The topological polar surface area (TPSA) is 27.3 Å². The van der Waals surface area contributed by atoms with Gasteiger partial charge >= 0.3 is 0 Å². The summed E-state index contributed by atoms with van der Waals surface area (Å²) in [6.45, 7) is 8.02. The summed E-state index contributed by atoms with van der Waals surface area (Å²) in [5.41, 5.74) is 0. The molecule has 1 atom stereocenters. The van der Waals surface area contributed by atoms with E-state index in [1.165, 1.54) is 19.6 Å². The molecule has 66 valence electrons. The van der Waals surface area contributed by atoms with E-state index >= 15 is 0 Å². The average molecular weight is 157 g/mol. The van der Waals surface area contributed by atoms with Crippen molar-refractivity contribution in [1.82, 2.24) is 15.5 Å². The molecule has 0 saturated carbocycles. The number of hydrogen-bond donors (Lipinski definition) is 2. The molecule has 1 heterocycles. The van der Waals surface area contributed by atoms with E-state index in [9.17, 15) is 0 Å². The van der Waals surface area contributed by atoms with E-state index < -0.39 is 0 Å². The summed E-state index contributed by atoms with van der Waals surface area (Å²) in [6, 6.07) is 0.647. The van der Waals surface area contributed by atoms with Gasteiger partial charge in [-0.3, -0.25) is 0 Å². The van der Waals surface area contributed by atoms with E-state index in [1.54, 1.807) is 0 Å². The van der Waals surface area contributed by atoms with Crippen LogP contribution in [0, 0.1) is 0 Å². The Hall–Kier alpha value is -0.120. The minimum atomic E-state index is 0.647. The minimum absolute atomic E-state index is 0.647. The van der Waals surface area contributed by atoms with Gasteiger partial charge in [-0.25, -0.2) is 0 Å². The maximum Gasteiger partial charge on any atom is 0.0320 e. The van der Waals surface area contributed by atoms with E-state index in [1.807, 2.05) is 7.05 Å². The van der Waals surface area contributed by atoms with Gasteiger partial charge in [0.25, 0.3) is 0 Å². The summed E-state index contributed by atoms with van der Waals surface area (Å²) in [5.74, 6) is 0. The Balaban J connectivity index is 2.21. The summed E-state index contributed by atoms with van der Waals surface area (Å²) in [4.78, 5) is 2.48. The van der Waals surface area contributed by atoms with E-state index in [0.29, 0.717) is 6.04 Å². The standard InChI is InChI=1S/C8H19N3/c1-3-11-5-4-10-8(7-11)6-9-2/h8-10H,3-7H2,1-2H3. The van der Waals surface area contributed by atoms with E-state index in [2.05, 4.69) is 22.5 Å². The molecule has 0 radical (unpaired) electrons. The molecule has 0 aromatic heterocycles. The Morgan fingerprint density at radius 3 is 3.09 bits per heavy atom. The molecule has 0 amide bonds. The van der Waals surface area contributed by atoms with Crippen molar-refractivity contribution in [1.29, 1.82) is 0 Å². The van der Waals surface area contributed by atoms with E-state index in [-0.39, 0.29) is 0 Å². The van der Waals surface area contributed by atoms with Crippen LogP contribution in [0.5, 0.6) is 0 Å². The van der Waals surface area contributed by atoms with Gasteiger partial charge < -0.3 is 15.5 Å². The molecule has 3 heteroatoms.